The summed E-state index contributed by atoms with van der Waals surface area (Å²) in [4.78, 5) is 0. The van der Waals surface area contributed by atoms with Gasteiger partial charge in [0.05, 0.1) is 0 Å². The van der Waals surface area contributed by atoms with E-state index in [-0.39, 0.29) is 5.41 Å². The maximum Gasteiger partial charge on any atom is 0.0408 e. The summed E-state index contributed by atoms with van der Waals surface area (Å²) in [6, 6.07) is 16.8. The molecule has 1 radical (unpaired) electrons. The second-order valence-electron chi connectivity index (χ2n) is 5.91. The summed E-state index contributed by atoms with van der Waals surface area (Å²) >= 11 is 5.98. The van der Waals surface area contributed by atoms with E-state index in [1.807, 2.05) is 18.2 Å². The molecule has 0 nitrogen and oxygen atoms in total. The highest BCUT2D eigenvalue weighted by molar-refractivity contribution is 6.30. The summed E-state index contributed by atoms with van der Waals surface area (Å²) in [5, 5.41) is 0.789. The fourth-order valence-electron chi connectivity index (χ4n) is 2.01. The van der Waals surface area contributed by atoms with Crippen LogP contribution in [0.5, 0.6) is 0 Å². The minimum absolute atomic E-state index is 0.217. The van der Waals surface area contributed by atoms with Gasteiger partial charge in [0.15, 0.2) is 0 Å². The van der Waals surface area contributed by atoms with Crippen molar-refractivity contribution in [1.82, 2.24) is 0 Å². The van der Waals surface area contributed by atoms with E-state index < -0.39 is 0 Å². The van der Waals surface area contributed by atoms with Crippen LogP contribution < -0.4 is 0 Å². The molecular formula is C18H20Cl. The molecule has 0 bridgehead atoms. The number of rotatable bonds is 3. The van der Waals surface area contributed by atoms with Crippen molar-refractivity contribution in [3.8, 4) is 0 Å². The molecule has 0 N–H and O–H groups in total. The van der Waals surface area contributed by atoms with Crippen LogP contribution in [-0.4, -0.2) is 0 Å². The van der Waals surface area contributed by atoms with Crippen LogP contribution in [0.1, 0.15) is 37.5 Å². The number of halogens is 1. The molecule has 19 heavy (non-hydrogen) atoms. The van der Waals surface area contributed by atoms with Crippen molar-refractivity contribution >= 4 is 11.6 Å². The second-order valence-corrected chi connectivity index (χ2v) is 6.35. The Morgan fingerprint density at radius 2 is 1.68 bits per heavy atom. The maximum absolute atomic E-state index is 5.98. The molecule has 2 rings (SSSR count). The smallest absolute Gasteiger partial charge is 0.0408 e. The molecule has 0 aliphatic carbocycles. The van der Waals surface area contributed by atoms with E-state index in [0.29, 0.717) is 0 Å². The van der Waals surface area contributed by atoms with Gasteiger partial charge in [0.1, 0.15) is 0 Å². The van der Waals surface area contributed by atoms with Crippen LogP contribution in [0.4, 0.5) is 0 Å². The molecule has 0 aromatic heterocycles. The topological polar surface area (TPSA) is 0 Å². The molecular weight excluding hydrogens is 252 g/mol. The molecule has 0 aliphatic rings. The average molecular weight is 272 g/mol. The number of hydrogen-bond donors (Lipinski definition) is 0. The van der Waals surface area contributed by atoms with Gasteiger partial charge in [0, 0.05) is 5.02 Å². The summed E-state index contributed by atoms with van der Waals surface area (Å²) in [5.41, 5.74) is 4.09. The van der Waals surface area contributed by atoms with Gasteiger partial charge in [-0.25, -0.2) is 0 Å². The summed E-state index contributed by atoms with van der Waals surface area (Å²) in [6.07, 6.45) is 3.14. The van der Waals surface area contributed by atoms with Crippen molar-refractivity contribution in [2.24, 2.45) is 0 Å². The lowest BCUT2D eigenvalue weighted by molar-refractivity contribution is 0.590. The summed E-state index contributed by atoms with van der Waals surface area (Å²) in [5.74, 6) is 0. The predicted molar refractivity (Wildman–Crippen MR) is 83.7 cm³/mol. The van der Waals surface area contributed by atoms with Crippen LogP contribution in [0, 0.1) is 6.42 Å². The zero-order valence-electron chi connectivity index (χ0n) is 11.8. The minimum atomic E-state index is 0.217. The largest absolute Gasteiger partial charge is 0.0843 e. The van der Waals surface area contributed by atoms with Crippen LogP contribution >= 0.6 is 11.6 Å². The highest BCUT2D eigenvalue weighted by atomic mass is 35.5. The molecule has 0 amide bonds. The van der Waals surface area contributed by atoms with Gasteiger partial charge >= 0.3 is 0 Å². The first kappa shape index (κ1) is 14.1. The maximum atomic E-state index is 5.98. The first-order chi connectivity index (χ1) is 8.95. The highest BCUT2D eigenvalue weighted by Crippen LogP contribution is 2.23. The average Bonchev–Trinajstić information content (AvgIpc) is 2.36. The van der Waals surface area contributed by atoms with Crippen molar-refractivity contribution in [3.63, 3.8) is 0 Å². The molecule has 2 aromatic rings. The van der Waals surface area contributed by atoms with Crippen LogP contribution in [0.3, 0.4) is 0 Å². The third-order valence-corrected chi connectivity index (χ3v) is 3.48. The summed E-state index contributed by atoms with van der Waals surface area (Å²) in [7, 11) is 0. The van der Waals surface area contributed by atoms with Crippen molar-refractivity contribution in [2.45, 2.75) is 32.6 Å². The predicted octanol–water partition coefficient (Wildman–Crippen LogP) is 5.43. The molecule has 1 heteroatoms. The van der Waals surface area contributed by atoms with Gasteiger partial charge < -0.3 is 0 Å². The lowest BCUT2D eigenvalue weighted by atomic mass is 9.86. The summed E-state index contributed by atoms with van der Waals surface area (Å²) < 4.78 is 0. The van der Waals surface area contributed by atoms with Crippen LogP contribution in [0.25, 0.3) is 0 Å². The van der Waals surface area contributed by atoms with Gasteiger partial charge in [0.2, 0.25) is 0 Å². The van der Waals surface area contributed by atoms with Gasteiger partial charge in [-0.3, -0.25) is 0 Å². The Morgan fingerprint density at radius 3 is 2.26 bits per heavy atom. The van der Waals surface area contributed by atoms with Crippen LogP contribution in [-0.2, 0) is 11.8 Å². The third kappa shape index (κ3) is 4.11. The molecule has 0 heterocycles. The van der Waals surface area contributed by atoms with Crippen LogP contribution in [0.2, 0.25) is 5.02 Å². The Bertz CT molecular complexity index is 532. The van der Waals surface area contributed by atoms with E-state index >= 15 is 0 Å². The first-order valence-corrected chi connectivity index (χ1v) is 7.01. The number of benzene rings is 2. The van der Waals surface area contributed by atoms with Crippen LogP contribution in [0.15, 0.2) is 48.5 Å². The molecule has 0 saturated carbocycles. The van der Waals surface area contributed by atoms with E-state index in [1.54, 1.807) is 0 Å². The normalized spacial score (nSPS) is 11.6. The minimum Gasteiger partial charge on any atom is -0.0843 e. The van der Waals surface area contributed by atoms with Crippen molar-refractivity contribution in [1.29, 1.82) is 0 Å². The zero-order chi connectivity index (χ0) is 13.9. The van der Waals surface area contributed by atoms with Crippen molar-refractivity contribution < 1.29 is 0 Å². The Balaban J connectivity index is 2.01. The molecule has 0 aliphatic heterocycles. The molecule has 99 valence electrons. The third-order valence-electron chi connectivity index (χ3n) is 3.24. The van der Waals surface area contributed by atoms with Gasteiger partial charge in [-0.1, -0.05) is 68.8 Å². The molecule has 0 spiro atoms. The monoisotopic (exact) mass is 271 g/mol. The Labute approximate surface area is 121 Å². The Morgan fingerprint density at radius 1 is 1.00 bits per heavy atom. The molecule has 0 fully saturated rings. The molecule has 0 atom stereocenters. The van der Waals surface area contributed by atoms with E-state index in [9.17, 15) is 0 Å². The second kappa shape index (κ2) is 5.79. The Kier molecular flexibility index (Phi) is 4.31. The standard InChI is InChI=1S/C18H20Cl/c1-18(2,3)16-11-9-14(10-12-16)7-8-15-5-4-6-17(19)13-15/h4-6,8-13H,7H2,1-3H3. The van der Waals surface area contributed by atoms with E-state index in [0.717, 1.165) is 11.4 Å². The lowest BCUT2D eigenvalue weighted by Gasteiger charge is -2.19. The van der Waals surface area contributed by atoms with Gasteiger partial charge in [0.25, 0.3) is 0 Å². The van der Waals surface area contributed by atoms with Crippen molar-refractivity contribution in [3.05, 3.63) is 76.7 Å². The summed E-state index contributed by atoms with van der Waals surface area (Å²) in [6.45, 7) is 6.71. The highest BCUT2D eigenvalue weighted by Gasteiger charge is 2.12. The van der Waals surface area contributed by atoms with E-state index in [1.165, 1.54) is 16.7 Å². The SMILES string of the molecule is CC(C)(C)c1ccc(C[CH]c2cccc(Cl)c2)cc1. The van der Waals surface area contributed by atoms with Gasteiger partial charge in [-0.05, 0) is 47.1 Å². The first-order valence-electron chi connectivity index (χ1n) is 6.63. The van der Waals surface area contributed by atoms with Crippen molar-refractivity contribution in [2.75, 3.05) is 0 Å². The number of hydrogen-bond acceptors (Lipinski definition) is 0. The van der Waals surface area contributed by atoms with Gasteiger partial charge in [-0.2, -0.15) is 0 Å². The Hall–Kier alpha value is -1.27. The fraction of sp³-hybridized carbons (Fsp3) is 0.278. The van der Waals surface area contributed by atoms with Gasteiger partial charge in [-0.15, -0.1) is 0 Å². The van der Waals surface area contributed by atoms with E-state index in [2.05, 4.69) is 57.5 Å². The molecule has 2 aromatic carbocycles. The van der Waals surface area contributed by atoms with E-state index in [4.69, 9.17) is 11.6 Å². The quantitative estimate of drug-likeness (QED) is 0.698. The molecule has 0 saturated heterocycles. The zero-order valence-corrected chi connectivity index (χ0v) is 12.5. The fourth-order valence-corrected chi connectivity index (χ4v) is 2.21. The molecule has 0 unspecified atom stereocenters. The lowest BCUT2D eigenvalue weighted by Crippen LogP contribution is -2.10.